The molecule has 0 aromatic heterocycles. The van der Waals surface area contributed by atoms with Crippen molar-refractivity contribution in [2.24, 2.45) is 0 Å². The van der Waals surface area contributed by atoms with E-state index in [1.807, 2.05) is 0 Å². The van der Waals surface area contributed by atoms with Gasteiger partial charge in [-0.05, 0) is 38.1 Å². The molecule has 24 heavy (non-hydrogen) atoms. The standard InChI is InChI=1S/C18H18FNO3S/c1-3-20(15-7-5-4-6-8-15)18(21)13-17(19)24(22,23)16-11-9-14(2)10-12-16/h4-13H,3H2,1-2H3/b17-13-. The van der Waals surface area contributed by atoms with E-state index in [1.54, 1.807) is 56.3 Å². The summed E-state index contributed by atoms with van der Waals surface area (Å²) in [5, 5.41) is -1.47. The number of benzene rings is 2. The number of amides is 1. The van der Waals surface area contributed by atoms with E-state index < -0.39 is 20.9 Å². The van der Waals surface area contributed by atoms with Crippen molar-refractivity contribution in [1.29, 1.82) is 0 Å². The van der Waals surface area contributed by atoms with Gasteiger partial charge in [-0.2, -0.15) is 4.39 Å². The highest BCUT2D eigenvalue weighted by Gasteiger charge is 2.23. The van der Waals surface area contributed by atoms with E-state index >= 15 is 0 Å². The van der Waals surface area contributed by atoms with Crippen molar-refractivity contribution in [2.45, 2.75) is 18.7 Å². The maximum atomic E-state index is 14.3. The Hall–Kier alpha value is -2.47. The maximum Gasteiger partial charge on any atom is 0.254 e. The Morgan fingerprint density at radius 3 is 2.21 bits per heavy atom. The monoisotopic (exact) mass is 347 g/mol. The first-order valence-corrected chi connectivity index (χ1v) is 8.90. The lowest BCUT2D eigenvalue weighted by molar-refractivity contribution is -0.114. The first-order chi connectivity index (χ1) is 11.4. The van der Waals surface area contributed by atoms with Gasteiger partial charge in [-0.3, -0.25) is 4.79 Å². The summed E-state index contributed by atoms with van der Waals surface area (Å²) in [6, 6.07) is 14.5. The Bertz CT molecular complexity index is 844. The molecule has 2 aromatic rings. The predicted octanol–water partition coefficient (Wildman–Crippen LogP) is 3.63. The largest absolute Gasteiger partial charge is 0.309 e. The second-order valence-electron chi connectivity index (χ2n) is 5.18. The van der Waals surface area contributed by atoms with Gasteiger partial charge in [-0.1, -0.05) is 35.9 Å². The van der Waals surface area contributed by atoms with Gasteiger partial charge in [0.25, 0.3) is 5.91 Å². The lowest BCUT2D eigenvalue weighted by Gasteiger charge is -2.19. The molecule has 0 aliphatic carbocycles. The normalized spacial score (nSPS) is 12.0. The Morgan fingerprint density at radius 1 is 1.08 bits per heavy atom. The van der Waals surface area contributed by atoms with Crippen LogP contribution in [-0.4, -0.2) is 20.9 Å². The molecule has 0 N–H and O–H groups in total. The van der Waals surface area contributed by atoms with Gasteiger partial charge in [0.2, 0.25) is 15.0 Å². The third-order valence-corrected chi connectivity index (χ3v) is 5.00. The Kier molecular flexibility index (Phi) is 5.51. The number of halogens is 1. The minimum atomic E-state index is -4.33. The van der Waals surface area contributed by atoms with Crippen LogP contribution in [0.25, 0.3) is 0 Å². The van der Waals surface area contributed by atoms with Crippen LogP contribution in [0.1, 0.15) is 12.5 Å². The molecule has 0 saturated heterocycles. The molecule has 6 heteroatoms. The summed E-state index contributed by atoms with van der Waals surface area (Å²) in [6.45, 7) is 3.81. The molecule has 0 fully saturated rings. The van der Waals surface area contributed by atoms with E-state index in [4.69, 9.17) is 0 Å². The lowest BCUT2D eigenvalue weighted by Crippen LogP contribution is -2.29. The van der Waals surface area contributed by atoms with Gasteiger partial charge in [-0.15, -0.1) is 0 Å². The number of sulfone groups is 1. The van der Waals surface area contributed by atoms with E-state index in [-0.39, 0.29) is 11.4 Å². The van der Waals surface area contributed by atoms with Crippen molar-refractivity contribution in [3.8, 4) is 0 Å². The van der Waals surface area contributed by atoms with Crippen LogP contribution >= 0.6 is 0 Å². The number of likely N-dealkylation sites (N-methyl/N-ethyl adjacent to an activating group) is 1. The number of carbonyl (C=O) groups excluding carboxylic acids is 1. The Balaban J connectivity index is 2.31. The van der Waals surface area contributed by atoms with Crippen molar-refractivity contribution < 1.29 is 17.6 Å². The second-order valence-corrected chi connectivity index (χ2v) is 7.05. The van der Waals surface area contributed by atoms with E-state index in [0.29, 0.717) is 11.8 Å². The summed E-state index contributed by atoms with van der Waals surface area (Å²) in [5.74, 6) is -0.725. The summed E-state index contributed by atoms with van der Waals surface area (Å²) in [6.07, 6.45) is 0.520. The van der Waals surface area contributed by atoms with E-state index in [2.05, 4.69) is 0 Å². The minimum Gasteiger partial charge on any atom is -0.309 e. The van der Waals surface area contributed by atoms with E-state index in [0.717, 1.165) is 5.56 Å². The summed E-state index contributed by atoms with van der Waals surface area (Å²) < 4.78 is 38.7. The van der Waals surface area contributed by atoms with Crippen molar-refractivity contribution >= 4 is 21.4 Å². The highest BCUT2D eigenvalue weighted by molar-refractivity contribution is 7.95. The maximum absolute atomic E-state index is 14.3. The molecule has 0 saturated carbocycles. The Morgan fingerprint density at radius 2 is 1.67 bits per heavy atom. The number of para-hydroxylation sites is 1. The molecule has 0 bridgehead atoms. The van der Waals surface area contributed by atoms with Crippen molar-refractivity contribution in [3.63, 3.8) is 0 Å². The van der Waals surface area contributed by atoms with Gasteiger partial charge in [0, 0.05) is 12.2 Å². The first-order valence-electron chi connectivity index (χ1n) is 7.41. The number of anilines is 1. The smallest absolute Gasteiger partial charge is 0.254 e. The van der Waals surface area contributed by atoms with Crippen LogP contribution in [0.15, 0.2) is 70.7 Å². The second kappa shape index (κ2) is 7.40. The summed E-state index contributed by atoms with van der Waals surface area (Å²) >= 11 is 0. The molecule has 0 aliphatic rings. The van der Waals surface area contributed by atoms with Crippen molar-refractivity contribution in [1.82, 2.24) is 0 Å². The molecular weight excluding hydrogens is 329 g/mol. The molecular formula is C18H18FNO3S. The summed E-state index contributed by atoms with van der Waals surface area (Å²) in [7, 11) is -4.33. The van der Waals surface area contributed by atoms with Crippen LogP contribution in [0.3, 0.4) is 0 Å². The highest BCUT2D eigenvalue weighted by Crippen LogP contribution is 2.22. The summed E-state index contributed by atoms with van der Waals surface area (Å²) in [5.41, 5.74) is 1.43. The SMILES string of the molecule is CCN(C(=O)/C=C(/F)S(=O)(=O)c1ccc(C)cc1)c1ccccc1. The van der Waals surface area contributed by atoms with Gasteiger partial charge < -0.3 is 4.90 Å². The first kappa shape index (κ1) is 17.9. The number of nitrogens with zero attached hydrogens (tertiary/aromatic N) is 1. The molecule has 0 heterocycles. The minimum absolute atomic E-state index is 0.183. The number of hydrogen-bond donors (Lipinski definition) is 0. The number of carbonyl (C=O) groups is 1. The number of rotatable bonds is 5. The third-order valence-electron chi connectivity index (χ3n) is 3.48. The van der Waals surface area contributed by atoms with Crippen LogP contribution in [0.5, 0.6) is 0 Å². The van der Waals surface area contributed by atoms with Crippen LogP contribution in [0.4, 0.5) is 10.1 Å². The molecule has 4 nitrogen and oxygen atoms in total. The fourth-order valence-electron chi connectivity index (χ4n) is 2.16. The summed E-state index contributed by atoms with van der Waals surface area (Å²) in [4.78, 5) is 13.4. The topological polar surface area (TPSA) is 54.5 Å². The van der Waals surface area contributed by atoms with Gasteiger partial charge in [0.1, 0.15) is 0 Å². The quantitative estimate of drug-likeness (QED) is 0.776. The predicted molar refractivity (Wildman–Crippen MR) is 92.0 cm³/mol. The van der Waals surface area contributed by atoms with Crippen LogP contribution in [-0.2, 0) is 14.6 Å². The highest BCUT2D eigenvalue weighted by atomic mass is 32.2. The molecule has 126 valence electrons. The molecule has 2 rings (SSSR count). The van der Waals surface area contributed by atoms with Gasteiger partial charge >= 0.3 is 0 Å². The van der Waals surface area contributed by atoms with Gasteiger partial charge in [0.05, 0.1) is 11.0 Å². The third kappa shape index (κ3) is 3.89. The zero-order valence-electron chi connectivity index (χ0n) is 13.4. The lowest BCUT2D eigenvalue weighted by atomic mass is 10.2. The molecule has 0 atom stereocenters. The van der Waals surface area contributed by atoms with Gasteiger partial charge in [0.15, 0.2) is 0 Å². The van der Waals surface area contributed by atoms with E-state index in [1.165, 1.54) is 17.0 Å². The van der Waals surface area contributed by atoms with E-state index in [9.17, 15) is 17.6 Å². The average Bonchev–Trinajstić information content (AvgIpc) is 2.57. The zero-order chi connectivity index (χ0) is 17.7. The fraction of sp³-hybridized carbons (Fsp3) is 0.167. The van der Waals surface area contributed by atoms with Crippen LogP contribution in [0.2, 0.25) is 0 Å². The van der Waals surface area contributed by atoms with Gasteiger partial charge in [-0.25, -0.2) is 8.42 Å². The molecule has 1 amide bonds. The molecule has 2 aromatic carbocycles. The molecule has 0 unspecified atom stereocenters. The van der Waals surface area contributed by atoms with Crippen LogP contribution < -0.4 is 4.90 Å². The Labute approximate surface area is 141 Å². The fourth-order valence-corrected chi connectivity index (χ4v) is 3.13. The molecule has 0 spiro atoms. The zero-order valence-corrected chi connectivity index (χ0v) is 14.3. The number of aryl methyl sites for hydroxylation is 1. The molecule has 0 radical (unpaired) electrons. The van der Waals surface area contributed by atoms with Crippen molar-refractivity contribution in [2.75, 3.05) is 11.4 Å². The van der Waals surface area contributed by atoms with Crippen LogP contribution in [0, 0.1) is 6.92 Å². The molecule has 0 aliphatic heterocycles. The number of hydrogen-bond acceptors (Lipinski definition) is 3. The van der Waals surface area contributed by atoms with Crippen molar-refractivity contribution in [3.05, 3.63) is 71.4 Å². The average molecular weight is 347 g/mol.